The summed E-state index contributed by atoms with van der Waals surface area (Å²) in [6.07, 6.45) is 0.893. The predicted molar refractivity (Wildman–Crippen MR) is 268 cm³/mol. The molecule has 0 bridgehead atoms. The quantitative estimate of drug-likeness (QED) is 0.0561. The molecule has 3 heterocycles. The fourth-order valence-electron chi connectivity index (χ4n) is 8.63. The number of carbonyl (C=O) groups excluding carboxylic acids is 4. The molecule has 4 atom stereocenters. The topological polar surface area (TPSA) is 192 Å². The number of halogens is 3. The Morgan fingerprint density at radius 1 is 0.931 bits per heavy atom. The van der Waals surface area contributed by atoms with Crippen molar-refractivity contribution in [1.29, 1.82) is 5.26 Å². The van der Waals surface area contributed by atoms with E-state index in [0.717, 1.165) is 53.2 Å². The van der Waals surface area contributed by atoms with Gasteiger partial charge >= 0.3 is 6.18 Å². The zero-order valence-corrected chi connectivity index (χ0v) is 42.4. The molecule has 1 unspecified atom stereocenters. The number of aliphatic hydroxyl groups is 1. The van der Waals surface area contributed by atoms with E-state index in [4.69, 9.17) is 26.4 Å². The van der Waals surface area contributed by atoms with Crippen molar-refractivity contribution in [2.24, 2.45) is 12.5 Å². The number of aliphatic hydroxyl groups excluding tert-OH is 1. The van der Waals surface area contributed by atoms with Crippen LogP contribution >= 0.6 is 12.2 Å². The minimum Gasteiger partial charge on any atom is -0.494 e. The van der Waals surface area contributed by atoms with Gasteiger partial charge in [0.2, 0.25) is 17.7 Å². The van der Waals surface area contributed by atoms with Crippen LogP contribution in [0.2, 0.25) is 0 Å². The molecule has 0 saturated carbocycles. The number of hydrogen-bond acceptors (Lipinski definition) is 11. The van der Waals surface area contributed by atoms with Gasteiger partial charge in [-0.25, -0.2) is 4.98 Å². The first kappa shape index (κ1) is 54.9. The normalized spacial score (nSPS) is 17.7. The molecular formula is C52H63F3N8O8S. The van der Waals surface area contributed by atoms with Crippen molar-refractivity contribution >= 4 is 52.3 Å². The summed E-state index contributed by atoms with van der Waals surface area (Å²) in [6.45, 7) is 11.9. The molecule has 4 aromatic rings. The Morgan fingerprint density at radius 2 is 1.58 bits per heavy atom. The second-order valence-corrected chi connectivity index (χ2v) is 19.9. The lowest BCUT2D eigenvalue weighted by Gasteiger charge is -2.35. The van der Waals surface area contributed by atoms with Crippen LogP contribution in [0.5, 0.6) is 5.75 Å². The molecule has 0 radical (unpaired) electrons. The van der Waals surface area contributed by atoms with E-state index < -0.39 is 70.1 Å². The number of likely N-dealkylation sites (tertiary alicyclic amines) is 1. The lowest BCUT2D eigenvalue weighted by Crippen LogP contribution is -2.58. The number of carbonyl (C=O) groups is 4. The number of hydrogen-bond donors (Lipinski definition) is 3. The Kier molecular flexibility index (Phi) is 17.9. The Labute approximate surface area is 423 Å². The summed E-state index contributed by atoms with van der Waals surface area (Å²) < 4.78 is 60.3. The standard InChI is InChI=1S/C52H63F3N8O8S/c1-33(34-12-14-35(15-13-34)45-57-22-23-60(45)7)58-46(66)42-29-39(64)31-61(42)47(67)44(50(2,3)4)59-43(65)32-70-26-11-25-69-24-9-8-10-27-71-40-20-18-37(19-21-40)63-49(72)62(48(68)51(63,5)6)38-17-16-36(30-56)41(28-38)52(53,54)55/h12-23,28,33,39,42,44,64H,8-11,24-27,29,31-32H2,1-7H3,(H,58,66)(H,59,65)/t33-,39+,42-,44?/m0/s1. The molecule has 386 valence electrons. The van der Waals surface area contributed by atoms with Gasteiger partial charge in [0.25, 0.3) is 5.91 Å². The molecule has 2 aliphatic rings. The minimum absolute atomic E-state index is 0.0000839. The van der Waals surface area contributed by atoms with Gasteiger partial charge < -0.3 is 44.3 Å². The number of imidazole rings is 1. The fraction of sp³-hybridized carbons (Fsp3) is 0.481. The van der Waals surface area contributed by atoms with Crippen molar-refractivity contribution in [3.63, 3.8) is 0 Å². The number of aryl methyl sites for hydroxylation is 1. The largest absolute Gasteiger partial charge is 0.494 e. The molecule has 2 saturated heterocycles. The number of β-amino-alcohol motifs (C(OH)–C–C–N with tert-alkyl or cyclic N) is 1. The van der Waals surface area contributed by atoms with E-state index in [1.165, 1.54) is 11.0 Å². The van der Waals surface area contributed by atoms with Crippen molar-refractivity contribution in [3.05, 3.63) is 95.8 Å². The molecule has 2 aliphatic heterocycles. The summed E-state index contributed by atoms with van der Waals surface area (Å²) in [4.78, 5) is 62.6. The van der Waals surface area contributed by atoms with Crippen molar-refractivity contribution in [2.75, 3.05) is 49.4 Å². The highest BCUT2D eigenvalue weighted by Gasteiger charge is 2.51. The van der Waals surface area contributed by atoms with Gasteiger partial charge in [-0.2, -0.15) is 18.4 Å². The molecule has 72 heavy (non-hydrogen) atoms. The lowest BCUT2D eigenvalue weighted by molar-refractivity contribution is -0.144. The molecule has 3 aromatic carbocycles. The van der Waals surface area contributed by atoms with Crippen LogP contribution in [0.25, 0.3) is 11.4 Å². The van der Waals surface area contributed by atoms with Gasteiger partial charge in [-0.05, 0) is 112 Å². The molecule has 3 N–H and O–H groups in total. The Bertz CT molecular complexity index is 2610. The summed E-state index contributed by atoms with van der Waals surface area (Å²) in [7, 11) is 1.91. The van der Waals surface area contributed by atoms with Crippen LogP contribution in [0, 0.1) is 16.7 Å². The summed E-state index contributed by atoms with van der Waals surface area (Å²) in [5.74, 6) is -0.456. The van der Waals surface area contributed by atoms with Gasteiger partial charge in [-0.1, -0.05) is 45.0 Å². The van der Waals surface area contributed by atoms with Crippen LogP contribution in [0.4, 0.5) is 24.5 Å². The van der Waals surface area contributed by atoms with E-state index in [1.54, 1.807) is 55.3 Å². The highest BCUT2D eigenvalue weighted by atomic mass is 32.1. The third-order valence-corrected chi connectivity index (χ3v) is 13.0. The Balaban J connectivity index is 0.859. The van der Waals surface area contributed by atoms with Crippen molar-refractivity contribution < 1.29 is 51.7 Å². The Morgan fingerprint density at radius 3 is 2.22 bits per heavy atom. The third-order valence-electron chi connectivity index (χ3n) is 12.6. The van der Waals surface area contributed by atoms with E-state index in [1.807, 2.05) is 69.8 Å². The summed E-state index contributed by atoms with van der Waals surface area (Å²) >= 11 is 5.63. The van der Waals surface area contributed by atoms with Crippen molar-refractivity contribution in [3.8, 4) is 23.2 Å². The Hall–Kier alpha value is -6.40. The molecule has 2 fully saturated rings. The van der Waals surface area contributed by atoms with Crippen molar-refractivity contribution in [2.45, 2.75) is 110 Å². The van der Waals surface area contributed by atoms with Crippen molar-refractivity contribution in [1.82, 2.24) is 25.1 Å². The number of amides is 4. The maximum Gasteiger partial charge on any atom is 0.417 e. The van der Waals surface area contributed by atoms with Gasteiger partial charge in [0.15, 0.2) is 5.11 Å². The minimum atomic E-state index is -4.80. The van der Waals surface area contributed by atoms with Crippen LogP contribution < -0.4 is 25.2 Å². The predicted octanol–water partition coefficient (Wildman–Crippen LogP) is 7.24. The number of anilines is 2. The van der Waals surface area contributed by atoms with Crippen LogP contribution in [0.15, 0.2) is 79.1 Å². The average molecular weight is 1020 g/mol. The molecule has 1 aromatic heterocycles. The highest BCUT2D eigenvalue weighted by molar-refractivity contribution is 7.81. The number of nitriles is 1. The number of alkyl halides is 3. The van der Waals surface area contributed by atoms with Gasteiger partial charge in [0.05, 0.1) is 41.6 Å². The second-order valence-electron chi connectivity index (χ2n) is 19.6. The molecule has 4 amide bonds. The zero-order valence-electron chi connectivity index (χ0n) is 41.6. The molecule has 0 aliphatic carbocycles. The highest BCUT2D eigenvalue weighted by Crippen LogP contribution is 2.40. The SMILES string of the molecule is C[C@H](NC(=O)[C@@H]1C[C@@H](O)CN1C(=O)C(NC(=O)COCCCOCCCCCOc1ccc(N2C(=S)N(c3ccc(C#N)c(C(F)(F)F)c3)C(=O)C2(C)C)cc1)C(C)(C)C)c1ccc(-c2nccn2C)cc1. The van der Waals surface area contributed by atoms with Gasteiger partial charge in [0.1, 0.15) is 35.8 Å². The number of aromatic nitrogens is 2. The third kappa shape index (κ3) is 13.2. The van der Waals surface area contributed by atoms with Crippen LogP contribution in [-0.2, 0) is 41.9 Å². The number of nitrogens with zero attached hydrogens (tertiary/aromatic N) is 6. The smallest absolute Gasteiger partial charge is 0.417 e. The number of thiocarbonyl (C=S) groups is 1. The maximum atomic E-state index is 14.0. The van der Waals surface area contributed by atoms with Gasteiger partial charge in [-0.15, -0.1) is 0 Å². The van der Waals surface area contributed by atoms with E-state index in [0.29, 0.717) is 37.7 Å². The number of benzene rings is 3. The number of ether oxygens (including phenoxy) is 3. The number of rotatable bonds is 21. The first-order valence-corrected chi connectivity index (χ1v) is 24.3. The average Bonchev–Trinajstić information content (AvgIpc) is 4.00. The maximum absolute atomic E-state index is 14.0. The van der Waals surface area contributed by atoms with E-state index in [-0.39, 0.29) is 43.0 Å². The van der Waals surface area contributed by atoms with Crippen LogP contribution in [0.3, 0.4) is 0 Å². The summed E-state index contributed by atoms with van der Waals surface area (Å²) in [5, 5.41) is 25.6. The monoisotopic (exact) mass is 1020 g/mol. The first-order chi connectivity index (χ1) is 34.0. The van der Waals surface area contributed by atoms with E-state index >= 15 is 0 Å². The molecule has 0 spiro atoms. The number of unbranched alkanes of at least 4 members (excludes halogenated alkanes) is 2. The molecule has 16 nitrogen and oxygen atoms in total. The summed E-state index contributed by atoms with van der Waals surface area (Å²) in [5.41, 5.74) is -1.39. The van der Waals surface area contributed by atoms with Crippen LogP contribution in [0.1, 0.15) is 96.4 Å². The summed E-state index contributed by atoms with van der Waals surface area (Å²) in [6, 6.07) is 16.9. The van der Waals surface area contributed by atoms with Gasteiger partial charge in [-0.3, -0.25) is 24.1 Å². The van der Waals surface area contributed by atoms with Gasteiger partial charge in [0, 0.05) is 63.5 Å². The zero-order chi connectivity index (χ0) is 52.5. The van der Waals surface area contributed by atoms with Crippen LogP contribution in [-0.4, -0.2) is 112 Å². The molecule has 20 heteroatoms. The molecule has 6 rings (SSSR count). The molecular weight excluding hydrogens is 954 g/mol. The fourth-order valence-corrected chi connectivity index (χ4v) is 9.16. The van der Waals surface area contributed by atoms with E-state index in [2.05, 4.69) is 15.6 Å². The number of nitrogens with one attached hydrogen (secondary N) is 2. The van der Waals surface area contributed by atoms with E-state index in [9.17, 15) is 42.7 Å². The first-order valence-electron chi connectivity index (χ1n) is 23.9. The second kappa shape index (κ2) is 23.4. The lowest BCUT2D eigenvalue weighted by atomic mass is 9.85.